The fourth-order valence-electron chi connectivity index (χ4n) is 0.920. The third kappa shape index (κ3) is 3.12. The first kappa shape index (κ1) is 16.7. The summed E-state index contributed by atoms with van der Waals surface area (Å²) in [5, 5.41) is 0. The molecular formula is C5H7N4NaO4S. The monoisotopic (exact) mass is 242 g/mol. The first-order valence-electron chi connectivity index (χ1n) is 3.06. The number of nitrogens with zero attached hydrogens (tertiary/aromatic N) is 1. The summed E-state index contributed by atoms with van der Waals surface area (Å²) >= 11 is 4.63. The summed E-state index contributed by atoms with van der Waals surface area (Å²) in [6.45, 7) is 0. The van der Waals surface area contributed by atoms with E-state index in [-0.39, 0.29) is 56.4 Å². The van der Waals surface area contributed by atoms with E-state index < -0.39 is 11.2 Å². The largest absolute Gasteiger partial charge is 1.00 e. The molecule has 8 nitrogen and oxygen atoms in total. The molecule has 0 unspecified atom stereocenters. The molecule has 15 heavy (non-hydrogen) atoms. The maximum absolute atomic E-state index is 11.0. The first-order chi connectivity index (χ1) is 5.66. The van der Waals surface area contributed by atoms with Crippen LogP contribution in [0.25, 0.3) is 11.2 Å². The van der Waals surface area contributed by atoms with Crippen LogP contribution < -0.4 is 45.8 Å². The molecule has 0 aromatic carbocycles. The molecule has 0 spiro atoms. The Morgan fingerprint density at radius 1 is 1.07 bits per heavy atom. The number of rotatable bonds is 0. The molecule has 78 valence electrons. The fraction of sp³-hybridized carbons (Fsp3) is 0. The molecule has 0 aliphatic rings. The minimum absolute atomic E-state index is 0. The van der Waals surface area contributed by atoms with Crippen LogP contribution in [0, 0.1) is 4.77 Å². The van der Waals surface area contributed by atoms with Crippen molar-refractivity contribution in [3.05, 3.63) is 25.6 Å². The zero-order valence-electron chi connectivity index (χ0n) is 7.67. The smallest absolute Gasteiger partial charge is 0.433 e. The van der Waals surface area contributed by atoms with Crippen LogP contribution in [0.1, 0.15) is 0 Å². The van der Waals surface area contributed by atoms with E-state index in [0.717, 1.165) is 0 Å². The van der Waals surface area contributed by atoms with E-state index in [1.54, 1.807) is 0 Å². The summed E-state index contributed by atoms with van der Waals surface area (Å²) in [5.74, 6) is 0. The van der Waals surface area contributed by atoms with Crippen LogP contribution in [0.4, 0.5) is 0 Å². The second-order valence-electron chi connectivity index (χ2n) is 2.18. The molecule has 0 aliphatic carbocycles. The van der Waals surface area contributed by atoms with Crippen LogP contribution >= 0.6 is 12.2 Å². The summed E-state index contributed by atoms with van der Waals surface area (Å²) in [6, 6.07) is 0. The number of hydrogen-bond donors (Lipinski definition) is 3. The SMILES string of the molecule is O.O.O=c1[nH]c2[nH]c(=S)[n-]c(=O)c2[nH]1.[Na+]. The Morgan fingerprint density at radius 2 is 1.67 bits per heavy atom. The summed E-state index contributed by atoms with van der Waals surface area (Å²) in [6.07, 6.45) is 0. The molecule has 0 saturated carbocycles. The number of H-pyrrole nitrogens is 3. The third-order valence-corrected chi connectivity index (χ3v) is 1.57. The number of imidazole rings is 1. The van der Waals surface area contributed by atoms with E-state index in [0.29, 0.717) is 0 Å². The zero-order valence-corrected chi connectivity index (χ0v) is 10.5. The molecule has 2 aromatic heterocycles. The van der Waals surface area contributed by atoms with Gasteiger partial charge >= 0.3 is 35.2 Å². The van der Waals surface area contributed by atoms with Gasteiger partial charge in [-0.2, -0.15) is 0 Å². The Balaban J connectivity index is 0. The first-order valence-corrected chi connectivity index (χ1v) is 3.47. The fourth-order valence-corrected chi connectivity index (χ4v) is 1.11. The summed E-state index contributed by atoms with van der Waals surface area (Å²) in [5.41, 5.74) is -0.591. The van der Waals surface area contributed by atoms with Crippen molar-refractivity contribution in [2.45, 2.75) is 0 Å². The molecule has 0 saturated heterocycles. The Hall–Kier alpha value is -0.710. The van der Waals surface area contributed by atoms with E-state index in [1.807, 2.05) is 0 Å². The van der Waals surface area contributed by atoms with E-state index in [9.17, 15) is 9.59 Å². The van der Waals surface area contributed by atoms with Crippen LogP contribution in [0.5, 0.6) is 0 Å². The minimum Gasteiger partial charge on any atom is -0.433 e. The van der Waals surface area contributed by atoms with Gasteiger partial charge < -0.3 is 30.9 Å². The van der Waals surface area contributed by atoms with Gasteiger partial charge in [-0.3, -0.25) is 4.79 Å². The number of aromatic amines is 3. The van der Waals surface area contributed by atoms with Gasteiger partial charge in [0.05, 0.1) is 5.65 Å². The summed E-state index contributed by atoms with van der Waals surface area (Å²) in [7, 11) is 0. The van der Waals surface area contributed by atoms with Gasteiger partial charge in [-0.1, -0.05) is 12.2 Å². The molecular weight excluding hydrogens is 235 g/mol. The number of hydrogen-bond acceptors (Lipinski definition) is 3. The average molecular weight is 242 g/mol. The predicted molar refractivity (Wildman–Crippen MR) is 50.9 cm³/mol. The molecule has 7 N–H and O–H groups in total. The molecule has 0 aliphatic heterocycles. The van der Waals surface area contributed by atoms with Gasteiger partial charge in [-0.25, -0.2) is 4.79 Å². The Kier molecular flexibility index (Phi) is 6.68. The predicted octanol–water partition coefficient (Wildman–Crippen LogP) is -5.41. The average Bonchev–Trinajstić information content (AvgIpc) is 2.29. The molecule has 0 radical (unpaired) electrons. The van der Waals surface area contributed by atoms with Gasteiger partial charge in [0.25, 0.3) is 0 Å². The minimum atomic E-state index is -0.535. The summed E-state index contributed by atoms with van der Waals surface area (Å²) in [4.78, 5) is 32.4. The summed E-state index contributed by atoms with van der Waals surface area (Å²) < 4.78 is 0.0581. The van der Waals surface area contributed by atoms with E-state index in [2.05, 4.69) is 32.2 Å². The van der Waals surface area contributed by atoms with Gasteiger partial charge in [-0.05, 0) is 0 Å². The topological polar surface area (TPSA) is 159 Å². The van der Waals surface area contributed by atoms with Gasteiger partial charge in [-0.15, -0.1) is 0 Å². The van der Waals surface area contributed by atoms with Crippen molar-refractivity contribution in [3.63, 3.8) is 0 Å². The van der Waals surface area contributed by atoms with Crippen molar-refractivity contribution in [2.24, 2.45) is 0 Å². The van der Waals surface area contributed by atoms with Crippen molar-refractivity contribution < 1.29 is 40.5 Å². The van der Waals surface area contributed by atoms with Gasteiger partial charge in [0.1, 0.15) is 5.52 Å². The Bertz CT molecular complexity index is 595. The molecule has 10 heteroatoms. The van der Waals surface area contributed by atoms with E-state index in [4.69, 9.17) is 0 Å². The maximum Gasteiger partial charge on any atom is 1.00 e. The number of aromatic nitrogens is 4. The standard InChI is InChI=1S/C5H4N4O2S.Na.2H2O/c10-3-1-2(7-4(11)6-1)8-5(12)9-3;;;/h(H4,6,7,8,9,10,11,12);;2*1H2/q;+1;;/p-1. The molecule has 2 rings (SSSR count). The zero-order chi connectivity index (χ0) is 8.72. The van der Waals surface area contributed by atoms with E-state index >= 15 is 0 Å². The second-order valence-corrected chi connectivity index (χ2v) is 2.56. The normalized spacial score (nSPS) is 8.53. The molecule has 0 atom stereocenters. The van der Waals surface area contributed by atoms with Crippen molar-refractivity contribution in [3.8, 4) is 0 Å². The Morgan fingerprint density at radius 3 is 2.27 bits per heavy atom. The van der Waals surface area contributed by atoms with Crippen LogP contribution in [-0.4, -0.2) is 25.9 Å². The Labute approximate surface area is 109 Å². The van der Waals surface area contributed by atoms with Crippen LogP contribution in [-0.2, 0) is 0 Å². The van der Waals surface area contributed by atoms with Crippen molar-refractivity contribution in [1.29, 1.82) is 0 Å². The third-order valence-electron chi connectivity index (χ3n) is 1.38. The van der Waals surface area contributed by atoms with Crippen molar-refractivity contribution in [1.82, 2.24) is 19.9 Å². The number of fused-ring (bicyclic) bond motifs is 1. The molecule has 0 fully saturated rings. The maximum atomic E-state index is 11.0. The molecule has 0 bridgehead atoms. The molecule has 0 amide bonds. The second kappa shape index (κ2) is 6.00. The van der Waals surface area contributed by atoms with Gasteiger partial charge in [0.2, 0.25) is 0 Å². The van der Waals surface area contributed by atoms with Gasteiger partial charge in [0, 0.05) is 4.77 Å². The van der Waals surface area contributed by atoms with Crippen molar-refractivity contribution >= 4 is 23.4 Å². The van der Waals surface area contributed by atoms with Crippen LogP contribution in [0.2, 0.25) is 0 Å². The molecule has 2 heterocycles. The van der Waals surface area contributed by atoms with E-state index in [1.165, 1.54) is 0 Å². The quantitative estimate of drug-likeness (QED) is 0.311. The molecule has 2 aromatic rings. The van der Waals surface area contributed by atoms with Crippen LogP contribution in [0.3, 0.4) is 0 Å². The van der Waals surface area contributed by atoms with Crippen LogP contribution in [0.15, 0.2) is 9.59 Å². The number of nitrogens with one attached hydrogen (secondary N) is 3. The van der Waals surface area contributed by atoms with Gasteiger partial charge in [0.15, 0.2) is 5.56 Å². The van der Waals surface area contributed by atoms with Crippen molar-refractivity contribution in [2.75, 3.05) is 0 Å².